The standard InChI is InChI=1S/C18H16Cl3N3O3/c1-27-16-5-3-13(19)8-12(16)10-23-24-17(25)6-7-22-18(26)11-2-4-14(20)15(21)9-11/h2-5,8-10H,6-7H2,1H3,(H,22,26)(H,24,25). The van der Waals surface area contributed by atoms with Crippen molar-refractivity contribution in [1.29, 1.82) is 0 Å². The fourth-order valence-electron chi connectivity index (χ4n) is 2.06. The molecule has 2 amide bonds. The van der Waals surface area contributed by atoms with Crippen molar-refractivity contribution >= 4 is 52.8 Å². The van der Waals surface area contributed by atoms with Gasteiger partial charge in [0.1, 0.15) is 5.75 Å². The van der Waals surface area contributed by atoms with Gasteiger partial charge in [0.2, 0.25) is 5.91 Å². The highest BCUT2D eigenvalue weighted by Crippen LogP contribution is 2.22. The van der Waals surface area contributed by atoms with Gasteiger partial charge < -0.3 is 10.1 Å². The van der Waals surface area contributed by atoms with E-state index in [4.69, 9.17) is 39.5 Å². The van der Waals surface area contributed by atoms with Gasteiger partial charge >= 0.3 is 0 Å². The average molecular weight is 429 g/mol. The molecule has 6 nitrogen and oxygen atoms in total. The second kappa shape index (κ2) is 10.2. The molecular weight excluding hydrogens is 413 g/mol. The molecule has 2 rings (SSSR count). The predicted octanol–water partition coefficient (Wildman–Crippen LogP) is 3.93. The Morgan fingerprint density at radius 2 is 1.89 bits per heavy atom. The second-order valence-corrected chi connectivity index (χ2v) is 6.57. The fraction of sp³-hybridized carbons (Fsp3) is 0.167. The van der Waals surface area contributed by atoms with Crippen LogP contribution < -0.4 is 15.5 Å². The Hall–Kier alpha value is -2.28. The lowest BCUT2D eigenvalue weighted by Gasteiger charge is -2.06. The number of carbonyl (C=O) groups is 2. The quantitative estimate of drug-likeness (QED) is 0.518. The zero-order valence-electron chi connectivity index (χ0n) is 14.3. The summed E-state index contributed by atoms with van der Waals surface area (Å²) in [5.41, 5.74) is 3.35. The summed E-state index contributed by atoms with van der Waals surface area (Å²) >= 11 is 17.6. The van der Waals surface area contributed by atoms with Gasteiger partial charge in [-0.2, -0.15) is 5.10 Å². The summed E-state index contributed by atoms with van der Waals surface area (Å²) in [7, 11) is 1.52. The number of amides is 2. The number of ether oxygens (including phenoxy) is 1. The van der Waals surface area contributed by atoms with E-state index in [0.29, 0.717) is 26.9 Å². The molecule has 2 aromatic rings. The highest BCUT2D eigenvalue weighted by atomic mass is 35.5. The maximum absolute atomic E-state index is 12.0. The van der Waals surface area contributed by atoms with Gasteiger partial charge in [0.25, 0.3) is 5.91 Å². The van der Waals surface area contributed by atoms with Crippen molar-refractivity contribution in [2.75, 3.05) is 13.7 Å². The fourth-order valence-corrected chi connectivity index (χ4v) is 2.54. The van der Waals surface area contributed by atoms with E-state index < -0.39 is 0 Å². The predicted molar refractivity (Wildman–Crippen MR) is 107 cm³/mol. The second-order valence-electron chi connectivity index (χ2n) is 5.31. The van der Waals surface area contributed by atoms with Crippen LogP contribution in [0.5, 0.6) is 5.75 Å². The van der Waals surface area contributed by atoms with Crippen molar-refractivity contribution in [2.45, 2.75) is 6.42 Å². The molecule has 0 radical (unpaired) electrons. The summed E-state index contributed by atoms with van der Waals surface area (Å²) in [5, 5.41) is 7.65. The van der Waals surface area contributed by atoms with Gasteiger partial charge in [-0.15, -0.1) is 0 Å². The minimum atomic E-state index is -0.360. The number of hydrogen-bond acceptors (Lipinski definition) is 4. The van der Waals surface area contributed by atoms with Gasteiger partial charge in [-0.05, 0) is 36.4 Å². The van der Waals surface area contributed by atoms with Crippen LogP contribution in [0.2, 0.25) is 15.1 Å². The molecule has 0 aliphatic carbocycles. The van der Waals surface area contributed by atoms with Crippen LogP contribution in [0.15, 0.2) is 41.5 Å². The lowest BCUT2D eigenvalue weighted by atomic mass is 10.2. The summed E-state index contributed by atoms with van der Waals surface area (Å²) in [5.74, 6) is -0.137. The van der Waals surface area contributed by atoms with Crippen molar-refractivity contribution < 1.29 is 14.3 Å². The van der Waals surface area contributed by atoms with Crippen LogP contribution >= 0.6 is 34.8 Å². The third-order valence-electron chi connectivity index (χ3n) is 3.40. The minimum absolute atomic E-state index is 0.0527. The van der Waals surface area contributed by atoms with Gasteiger partial charge in [-0.1, -0.05) is 34.8 Å². The highest BCUT2D eigenvalue weighted by Gasteiger charge is 2.08. The van der Waals surface area contributed by atoms with Crippen molar-refractivity contribution in [3.63, 3.8) is 0 Å². The van der Waals surface area contributed by atoms with Crippen molar-refractivity contribution in [1.82, 2.24) is 10.7 Å². The molecule has 0 aromatic heterocycles. The minimum Gasteiger partial charge on any atom is -0.496 e. The van der Waals surface area contributed by atoms with Gasteiger partial charge in [-0.25, -0.2) is 5.43 Å². The zero-order chi connectivity index (χ0) is 19.8. The number of benzene rings is 2. The number of methoxy groups -OCH3 is 1. The monoisotopic (exact) mass is 427 g/mol. The first-order valence-electron chi connectivity index (χ1n) is 7.79. The Bertz CT molecular complexity index is 872. The molecule has 9 heteroatoms. The number of halogens is 3. The molecule has 142 valence electrons. The number of nitrogens with one attached hydrogen (secondary N) is 2. The Labute approximate surface area is 171 Å². The maximum Gasteiger partial charge on any atom is 0.251 e. The molecule has 0 spiro atoms. The van der Waals surface area contributed by atoms with Crippen molar-refractivity contribution in [3.05, 3.63) is 62.6 Å². The van der Waals surface area contributed by atoms with Gasteiger partial charge in [0.15, 0.2) is 0 Å². The van der Waals surface area contributed by atoms with Crippen LogP contribution in [-0.4, -0.2) is 31.7 Å². The molecule has 0 unspecified atom stereocenters. The van der Waals surface area contributed by atoms with E-state index in [1.807, 2.05) is 0 Å². The summed E-state index contributed by atoms with van der Waals surface area (Å²) in [6, 6.07) is 9.59. The smallest absolute Gasteiger partial charge is 0.251 e. The number of carbonyl (C=O) groups excluding carboxylic acids is 2. The van der Waals surface area contributed by atoms with Crippen LogP contribution in [-0.2, 0) is 4.79 Å². The lowest BCUT2D eigenvalue weighted by molar-refractivity contribution is -0.120. The largest absolute Gasteiger partial charge is 0.496 e. The molecule has 0 saturated carbocycles. The number of nitrogens with zero attached hydrogens (tertiary/aromatic N) is 1. The molecule has 2 N–H and O–H groups in total. The third kappa shape index (κ3) is 6.43. The Kier molecular flexibility index (Phi) is 7.91. The van der Waals surface area contributed by atoms with E-state index in [1.165, 1.54) is 25.5 Å². The molecule has 2 aromatic carbocycles. The number of hydrogen-bond donors (Lipinski definition) is 2. The van der Waals surface area contributed by atoms with Crippen LogP contribution in [0.25, 0.3) is 0 Å². The Morgan fingerprint density at radius 3 is 2.59 bits per heavy atom. The summed E-state index contributed by atoms with van der Waals surface area (Å²) in [6.45, 7) is 0.140. The van der Waals surface area contributed by atoms with Crippen LogP contribution in [0.1, 0.15) is 22.3 Å². The Morgan fingerprint density at radius 1 is 1.11 bits per heavy atom. The SMILES string of the molecule is COc1ccc(Cl)cc1C=NNC(=O)CCNC(=O)c1ccc(Cl)c(Cl)c1. The van der Waals surface area contributed by atoms with E-state index in [1.54, 1.807) is 24.3 Å². The van der Waals surface area contributed by atoms with E-state index in [9.17, 15) is 9.59 Å². The first kappa shape index (κ1) is 21.0. The molecule has 0 atom stereocenters. The molecule has 0 aliphatic rings. The van der Waals surface area contributed by atoms with E-state index in [0.717, 1.165) is 0 Å². The van der Waals surface area contributed by atoms with Crippen LogP contribution in [0.4, 0.5) is 0 Å². The highest BCUT2D eigenvalue weighted by molar-refractivity contribution is 6.42. The van der Waals surface area contributed by atoms with Gasteiger partial charge in [-0.3, -0.25) is 9.59 Å². The average Bonchev–Trinajstić information content (AvgIpc) is 2.64. The van der Waals surface area contributed by atoms with Crippen LogP contribution in [0, 0.1) is 0 Å². The summed E-state index contributed by atoms with van der Waals surface area (Å²) < 4.78 is 5.18. The molecule has 0 bridgehead atoms. The molecule has 0 saturated heterocycles. The topological polar surface area (TPSA) is 79.8 Å². The first-order chi connectivity index (χ1) is 12.9. The maximum atomic E-state index is 12.0. The van der Waals surface area contributed by atoms with E-state index in [-0.39, 0.29) is 29.8 Å². The summed E-state index contributed by atoms with van der Waals surface area (Å²) in [6.07, 6.45) is 1.48. The normalized spacial score (nSPS) is 10.7. The molecular formula is C18H16Cl3N3O3. The van der Waals surface area contributed by atoms with Crippen molar-refractivity contribution in [3.8, 4) is 5.75 Å². The van der Waals surface area contributed by atoms with Gasteiger partial charge in [0.05, 0.1) is 23.4 Å². The lowest BCUT2D eigenvalue weighted by Crippen LogP contribution is -2.29. The van der Waals surface area contributed by atoms with Crippen molar-refractivity contribution in [2.24, 2.45) is 5.10 Å². The number of hydrazone groups is 1. The summed E-state index contributed by atoms with van der Waals surface area (Å²) in [4.78, 5) is 23.8. The molecule has 27 heavy (non-hydrogen) atoms. The molecule has 0 fully saturated rings. The zero-order valence-corrected chi connectivity index (χ0v) is 16.5. The third-order valence-corrected chi connectivity index (χ3v) is 4.38. The van der Waals surface area contributed by atoms with E-state index in [2.05, 4.69) is 15.8 Å². The van der Waals surface area contributed by atoms with Gasteiger partial charge in [0, 0.05) is 29.1 Å². The Balaban J connectivity index is 1.80. The van der Waals surface area contributed by atoms with Crippen LogP contribution in [0.3, 0.4) is 0 Å². The molecule has 0 aliphatic heterocycles. The molecule has 0 heterocycles. The number of rotatable bonds is 7. The van der Waals surface area contributed by atoms with E-state index >= 15 is 0 Å². The first-order valence-corrected chi connectivity index (χ1v) is 8.93.